The maximum atomic E-state index is 12.7. The fraction of sp³-hybridized carbons (Fsp3) is 0.278. The fourth-order valence-electron chi connectivity index (χ4n) is 2.99. The summed E-state index contributed by atoms with van der Waals surface area (Å²) in [5, 5.41) is 13.9. The average Bonchev–Trinajstić information content (AvgIpc) is 3.15. The van der Waals surface area contributed by atoms with Gasteiger partial charge >= 0.3 is 0 Å². The van der Waals surface area contributed by atoms with E-state index in [0.29, 0.717) is 17.0 Å². The number of nitro groups is 1. The lowest BCUT2D eigenvalue weighted by Crippen LogP contribution is -2.21. The lowest BCUT2D eigenvalue weighted by molar-refractivity contribution is -0.384. The van der Waals surface area contributed by atoms with Gasteiger partial charge in [-0.1, -0.05) is 12.1 Å². The molecule has 2 aromatic carbocycles. The highest BCUT2D eigenvalue weighted by molar-refractivity contribution is 6.07. The molecule has 0 atom stereocenters. The number of methoxy groups -OCH3 is 1. The Morgan fingerprint density at radius 3 is 2.60 bits per heavy atom. The second-order valence-corrected chi connectivity index (χ2v) is 5.81. The number of amides is 1. The van der Waals surface area contributed by atoms with Gasteiger partial charge in [0.2, 0.25) is 0 Å². The van der Waals surface area contributed by atoms with Crippen LogP contribution in [0.3, 0.4) is 0 Å². The molecule has 1 heterocycles. The minimum Gasteiger partial charge on any atom is -0.496 e. The molecule has 0 saturated carbocycles. The summed E-state index contributed by atoms with van der Waals surface area (Å²) in [4.78, 5) is 25.4. The van der Waals surface area contributed by atoms with E-state index < -0.39 is 4.92 Å². The summed E-state index contributed by atoms with van der Waals surface area (Å²) in [5.74, 6) is 0.0894. The Hall–Kier alpha value is -3.09. The molecule has 7 heteroatoms. The molecular formula is C18H19N3O4. The molecule has 0 radical (unpaired) electrons. The third-order valence-corrected chi connectivity index (χ3v) is 4.24. The molecule has 25 heavy (non-hydrogen) atoms. The van der Waals surface area contributed by atoms with Gasteiger partial charge in [0.25, 0.3) is 11.6 Å². The van der Waals surface area contributed by atoms with Crippen LogP contribution in [0.4, 0.5) is 17.1 Å². The molecule has 1 fully saturated rings. The molecule has 1 saturated heterocycles. The number of hydrogen-bond acceptors (Lipinski definition) is 5. The molecule has 130 valence electrons. The number of nitrogens with one attached hydrogen (secondary N) is 1. The minimum absolute atomic E-state index is 0.0572. The number of hydrogen-bond donors (Lipinski definition) is 1. The highest BCUT2D eigenvalue weighted by Gasteiger charge is 2.21. The van der Waals surface area contributed by atoms with Gasteiger partial charge in [-0.15, -0.1) is 0 Å². The molecule has 7 nitrogen and oxygen atoms in total. The molecule has 1 amide bonds. The summed E-state index contributed by atoms with van der Waals surface area (Å²) in [6, 6.07) is 11.4. The minimum atomic E-state index is -0.466. The van der Waals surface area contributed by atoms with E-state index >= 15 is 0 Å². The molecule has 0 spiro atoms. The van der Waals surface area contributed by atoms with Crippen molar-refractivity contribution in [3.05, 3.63) is 58.1 Å². The molecule has 2 aromatic rings. The van der Waals surface area contributed by atoms with E-state index in [9.17, 15) is 14.9 Å². The molecule has 1 aliphatic rings. The molecule has 0 aliphatic carbocycles. The van der Waals surface area contributed by atoms with E-state index in [4.69, 9.17) is 4.74 Å². The Kier molecular flexibility index (Phi) is 4.83. The van der Waals surface area contributed by atoms with E-state index in [0.717, 1.165) is 31.6 Å². The van der Waals surface area contributed by atoms with Crippen LogP contribution in [-0.2, 0) is 0 Å². The Morgan fingerprint density at radius 1 is 1.20 bits per heavy atom. The van der Waals surface area contributed by atoms with Gasteiger partial charge in [-0.05, 0) is 31.0 Å². The topological polar surface area (TPSA) is 84.7 Å². The molecule has 0 unspecified atom stereocenters. The quantitative estimate of drug-likeness (QED) is 0.665. The van der Waals surface area contributed by atoms with Crippen LogP contribution >= 0.6 is 0 Å². The van der Waals surface area contributed by atoms with Crippen molar-refractivity contribution in [1.29, 1.82) is 0 Å². The number of nitrogens with zero attached hydrogens (tertiary/aromatic N) is 2. The predicted octanol–water partition coefficient (Wildman–Crippen LogP) is 3.46. The first-order valence-corrected chi connectivity index (χ1v) is 8.08. The maximum absolute atomic E-state index is 12.7. The summed E-state index contributed by atoms with van der Waals surface area (Å²) in [7, 11) is 1.50. The molecule has 3 rings (SSSR count). The maximum Gasteiger partial charge on any atom is 0.271 e. The average molecular weight is 341 g/mol. The molecule has 1 aliphatic heterocycles. The number of benzene rings is 2. The predicted molar refractivity (Wildman–Crippen MR) is 95.5 cm³/mol. The summed E-state index contributed by atoms with van der Waals surface area (Å²) in [5.41, 5.74) is 1.56. The number of para-hydroxylation sites is 1. The van der Waals surface area contributed by atoms with E-state index in [1.165, 1.54) is 19.2 Å². The van der Waals surface area contributed by atoms with Crippen molar-refractivity contribution in [3.8, 4) is 5.75 Å². The Bertz CT molecular complexity index is 801. The van der Waals surface area contributed by atoms with E-state index in [2.05, 4.69) is 10.2 Å². The van der Waals surface area contributed by atoms with Crippen molar-refractivity contribution in [1.82, 2.24) is 0 Å². The van der Waals surface area contributed by atoms with Gasteiger partial charge in [-0.3, -0.25) is 14.9 Å². The van der Waals surface area contributed by atoms with Crippen LogP contribution in [0.5, 0.6) is 5.75 Å². The zero-order valence-corrected chi connectivity index (χ0v) is 13.9. The SMILES string of the molecule is COc1ccccc1C(=O)Nc1cc([N+](=O)[O-])ccc1N1CCCC1. The highest BCUT2D eigenvalue weighted by atomic mass is 16.6. The Morgan fingerprint density at radius 2 is 1.92 bits per heavy atom. The van der Waals surface area contributed by atoms with Crippen LogP contribution in [0.1, 0.15) is 23.2 Å². The number of nitro benzene ring substituents is 1. The lowest BCUT2D eigenvalue weighted by Gasteiger charge is -2.21. The van der Waals surface area contributed by atoms with Crippen LogP contribution in [0.2, 0.25) is 0 Å². The van der Waals surface area contributed by atoms with Gasteiger partial charge in [0.15, 0.2) is 0 Å². The van der Waals surface area contributed by atoms with E-state index in [1.54, 1.807) is 30.3 Å². The first kappa shape index (κ1) is 16.8. The van der Waals surface area contributed by atoms with Crippen molar-refractivity contribution in [2.45, 2.75) is 12.8 Å². The van der Waals surface area contributed by atoms with Crippen molar-refractivity contribution < 1.29 is 14.5 Å². The van der Waals surface area contributed by atoms with Crippen molar-refractivity contribution in [2.75, 3.05) is 30.4 Å². The van der Waals surface area contributed by atoms with Gasteiger partial charge in [0, 0.05) is 25.2 Å². The van der Waals surface area contributed by atoms with Gasteiger partial charge in [0.05, 0.1) is 29.0 Å². The monoisotopic (exact) mass is 341 g/mol. The second-order valence-electron chi connectivity index (χ2n) is 5.81. The second kappa shape index (κ2) is 7.21. The number of ether oxygens (including phenoxy) is 1. The lowest BCUT2D eigenvalue weighted by atomic mass is 10.1. The highest BCUT2D eigenvalue weighted by Crippen LogP contribution is 2.33. The molecular weight excluding hydrogens is 322 g/mol. The van der Waals surface area contributed by atoms with Gasteiger partial charge < -0.3 is 15.0 Å². The fourth-order valence-corrected chi connectivity index (χ4v) is 2.99. The summed E-state index contributed by atoms with van der Waals surface area (Å²) in [6.45, 7) is 1.74. The number of non-ortho nitro benzene ring substituents is 1. The molecule has 0 aromatic heterocycles. The van der Waals surface area contributed by atoms with Gasteiger partial charge in [-0.25, -0.2) is 0 Å². The number of anilines is 2. The van der Waals surface area contributed by atoms with E-state index in [1.807, 2.05) is 0 Å². The molecule has 0 bridgehead atoms. The molecule has 1 N–H and O–H groups in total. The Balaban J connectivity index is 1.95. The summed E-state index contributed by atoms with van der Waals surface area (Å²) < 4.78 is 5.22. The van der Waals surface area contributed by atoms with Crippen LogP contribution in [0, 0.1) is 10.1 Å². The van der Waals surface area contributed by atoms with Gasteiger partial charge in [0.1, 0.15) is 5.75 Å². The number of carbonyl (C=O) groups is 1. The first-order chi connectivity index (χ1) is 12.1. The standard InChI is InChI=1S/C18H19N3O4/c1-25-17-7-3-2-6-14(17)18(22)19-15-12-13(21(23)24)8-9-16(15)20-10-4-5-11-20/h2-3,6-9,12H,4-5,10-11H2,1H3,(H,19,22). The first-order valence-electron chi connectivity index (χ1n) is 8.08. The van der Waals surface area contributed by atoms with Crippen molar-refractivity contribution in [3.63, 3.8) is 0 Å². The van der Waals surface area contributed by atoms with Crippen molar-refractivity contribution in [2.24, 2.45) is 0 Å². The third kappa shape index (κ3) is 3.55. The Labute approximate surface area is 145 Å². The van der Waals surface area contributed by atoms with Crippen LogP contribution in [0.25, 0.3) is 0 Å². The zero-order valence-electron chi connectivity index (χ0n) is 13.9. The largest absolute Gasteiger partial charge is 0.496 e. The van der Waals surface area contributed by atoms with Gasteiger partial charge in [-0.2, -0.15) is 0 Å². The number of rotatable bonds is 5. The zero-order chi connectivity index (χ0) is 17.8. The summed E-state index contributed by atoms with van der Waals surface area (Å²) >= 11 is 0. The summed E-state index contributed by atoms with van der Waals surface area (Å²) in [6.07, 6.45) is 2.13. The smallest absolute Gasteiger partial charge is 0.271 e. The van der Waals surface area contributed by atoms with Crippen LogP contribution in [0.15, 0.2) is 42.5 Å². The van der Waals surface area contributed by atoms with Crippen LogP contribution in [-0.4, -0.2) is 31.0 Å². The van der Waals surface area contributed by atoms with Crippen LogP contribution < -0.4 is 15.0 Å². The normalized spacial score (nSPS) is 13.6. The van der Waals surface area contributed by atoms with E-state index in [-0.39, 0.29) is 11.6 Å². The van der Waals surface area contributed by atoms with Crippen molar-refractivity contribution >= 4 is 23.0 Å². The third-order valence-electron chi connectivity index (χ3n) is 4.24. The number of carbonyl (C=O) groups excluding carboxylic acids is 1.